The molecule has 104 valence electrons. The number of carboxylic acid groups (broad SMARTS) is 1. The van der Waals surface area contributed by atoms with E-state index in [1.165, 1.54) is 0 Å². The van der Waals surface area contributed by atoms with Gasteiger partial charge in [0.1, 0.15) is 0 Å². The standard InChI is InChI=1S/C16H17NO3/c1-16(8-9-20-10-16)17-14-7-6-13(15(18)19)11-4-2-3-5-12(11)14/h2-7,17H,8-10H2,1H3,(H,18,19). The predicted octanol–water partition coefficient (Wildman–Crippen LogP) is 3.13. The molecule has 1 unspecified atom stereocenters. The van der Waals surface area contributed by atoms with Crippen LogP contribution in [-0.4, -0.2) is 29.8 Å². The molecule has 0 spiro atoms. The fourth-order valence-corrected chi connectivity index (χ4v) is 2.69. The molecule has 4 nitrogen and oxygen atoms in total. The molecule has 0 saturated carbocycles. The third kappa shape index (κ3) is 2.23. The molecule has 2 aromatic carbocycles. The van der Waals surface area contributed by atoms with Crippen molar-refractivity contribution in [3.8, 4) is 0 Å². The highest BCUT2D eigenvalue weighted by molar-refractivity contribution is 6.07. The molecule has 1 aliphatic heterocycles. The molecule has 20 heavy (non-hydrogen) atoms. The maximum atomic E-state index is 11.3. The molecule has 1 heterocycles. The van der Waals surface area contributed by atoms with E-state index >= 15 is 0 Å². The summed E-state index contributed by atoms with van der Waals surface area (Å²) in [7, 11) is 0. The number of carbonyl (C=O) groups is 1. The van der Waals surface area contributed by atoms with Crippen LogP contribution in [0.3, 0.4) is 0 Å². The molecule has 4 heteroatoms. The normalized spacial score (nSPS) is 22.1. The fraction of sp³-hybridized carbons (Fsp3) is 0.312. The van der Waals surface area contributed by atoms with Crippen LogP contribution in [0.1, 0.15) is 23.7 Å². The van der Waals surface area contributed by atoms with Crippen LogP contribution >= 0.6 is 0 Å². The Morgan fingerprint density at radius 2 is 2.00 bits per heavy atom. The lowest BCUT2D eigenvalue weighted by Gasteiger charge is -2.26. The van der Waals surface area contributed by atoms with Crippen LogP contribution in [0.15, 0.2) is 36.4 Å². The molecule has 0 bridgehead atoms. The lowest BCUT2D eigenvalue weighted by Crippen LogP contribution is -2.35. The SMILES string of the molecule is CC1(Nc2ccc(C(=O)O)c3ccccc23)CCOC1. The lowest BCUT2D eigenvalue weighted by atomic mass is 9.98. The molecular weight excluding hydrogens is 254 g/mol. The van der Waals surface area contributed by atoms with Crippen LogP contribution in [-0.2, 0) is 4.74 Å². The Morgan fingerprint density at radius 3 is 2.65 bits per heavy atom. The van der Waals surface area contributed by atoms with Gasteiger partial charge in [0.05, 0.1) is 17.7 Å². The first-order valence-electron chi connectivity index (χ1n) is 6.70. The van der Waals surface area contributed by atoms with Crippen LogP contribution in [0, 0.1) is 0 Å². The van der Waals surface area contributed by atoms with E-state index in [-0.39, 0.29) is 5.54 Å². The molecule has 0 aliphatic carbocycles. The number of rotatable bonds is 3. The van der Waals surface area contributed by atoms with Crippen molar-refractivity contribution in [2.45, 2.75) is 18.9 Å². The number of fused-ring (bicyclic) bond motifs is 1. The molecule has 2 N–H and O–H groups in total. The number of hydrogen-bond donors (Lipinski definition) is 2. The first-order valence-corrected chi connectivity index (χ1v) is 6.70. The molecule has 3 rings (SSSR count). The number of anilines is 1. The van der Waals surface area contributed by atoms with Crippen molar-refractivity contribution < 1.29 is 14.6 Å². The zero-order valence-corrected chi connectivity index (χ0v) is 11.3. The maximum Gasteiger partial charge on any atom is 0.336 e. The smallest absolute Gasteiger partial charge is 0.336 e. The summed E-state index contributed by atoms with van der Waals surface area (Å²) < 4.78 is 5.45. The van der Waals surface area contributed by atoms with Gasteiger partial charge in [-0.05, 0) is 30.9 Å². The Morgan fingerprint density at radius 1 is 1.25 bits per heavy atom. The van der Waals surface area contributed by atoms with Gasteiger partial charge in [0, 0.05) is 17.7 Å². The minimum absolute atomic E-state index is 0.0898. The summed E-state index contributed by atoms with van der Waals surface area (Å²) in [6, 6.07) is 11.1. The largest absolute Gasteiger partial charge is 0.478 e. The second kappa shape index (κ2) is 4.80. The highest BCUT2D eigenvalue weighted by atomic mass is 16.5. The highest BCUT2D eigenvalue weighted by Crippen LogP contribution is 2.31. The van der Waals surface area contributed by atoms with E-state index in [1.807, 2.05) is 30.3 Å². The van der Waals surface area contributed by atoms with Gasteiger partial charge in [-0.25, -0.2) is 4.79 Å². The minimum Gasteiger partial charge on any atom is -0.478 e. The predicted molar refractivity (Wildman–Crippen MR) is 78.4 cm³/mol. The van der Waals surface area contributed by atoms with Crippen molar-refractivity contribution in [3.05, 3.63) is 42.0 Å². The summed E-state index contributed by atoms with van der Waals surface area (Å²) in [6.45, 7) is 3.55. The van der Waals surface area contributed by atoms with Gasteiger partial charge in [-0.2, -0.15) is 0 Å². The minimum atomic E-state index is -0.900. The summed E-state index contributed by atoms with van der Waals surface area (Å²) in [4.78, 5) is 11.3. The highest BCUT2D eigenvalue weighted by Gasteiger charge is 2.29. The molecule has 2 aromatic rings. The van der Waals surface area contributed by atoms with Crippen molar-refractivity contribution in [3.63, 3.8) is 0 Å². The van der Waals surface area contributed by atoms with E-state index in [0.29, 0.717) is 12.2 Å². The average molecular weight is 271 g/mol. The van der Waals surface area contributed by atoms with Crippen molar-refractivity contribution in [2.75, 3.05) is 18.5 Å². The summed E-state index contributed by atoms with van der Waals surface area (Å²) in [5.41, 5.74) is 1.20. The van der Waals surface area contributed by atoms with E-state index in [1.54, 1.807) is 6.07 Å². The summed E-state index contributed by atoms with van der Waals surface area (Å²) >= 11 is 0. The second-order valence-electron chi connectivity index (χ2n) is 5.50. The van der Waals surface area contributed by atoms with Crippen molar-refractivity contribution in [2.24, 2.45) is 0 Å². The fourth-order valence-electron chi connectivity index (χ4n) is 2.69. The van der Waals surface area contributed by atoms with Crippen molar-refractivity contribution >= 4 is 22.4 Å². The van der Waals surface area contributed by atoms with Crippen molar-refractivity contribution in [1.29, 1.82) is 0 Å². The number of aromatic carboxylic acids is 1. The second-order valence-corrected chi connectivity index (χ2v) is 5.50. The Bertz CT molecular complexity index is 660. The van der Waals surface area contributed by atoms with Gasteiger partial charge in [-0.1, -0.05) is 24.3 Å². The van der Waals surface area contributed by atoms with E-state index in [4.69, 9.17) is 4.74 Å². The molecule has 0 radical (unpaired) electrons. The number of carboxylic acids is 1. The zero-order valence-electron chi connectivity index (χ0n) is 11.3. The van der Waals surface area contributed by atoms with Gasteiger partial charge in [0.2, 0.25) is 0 Å². The number of ether oxygens (including phenoxy) is 1. The van der Waals surface area contributed by atoms with Gasteiger partial charge in [0.15, 0.2) is 0 Å². The molecule has 1 saturated heterocycles. The van der Waals surface area contributed by atoms with E-state index in [2.05, 4.69) is 12.2 Å². The summed E-state index contributed by atoms with van der Waals surface area (Å²) in [5, 5.41) is 14.5. The van der Waals surface area contributed by atoms with Gasteiger partial charge >= 0.3 is 5.97 Å². The zero-order chi connectivity index (χ0) is 14.2. The molecule has 1 fully saturated rings. The maximum absolute atomic E-state index is 11.3. The van der Waals surface area contributed by atoms with Crippen LogP contribution in [0.2, 0.25) is 0 Å². The first-order chi connectivity index (χ1) is 9.59. The third-order valence-corrected chi connectivity index (χ3v) is 3.81. The first kappa shape index (κ1) is 12.9. The third-order valence-electron chi connectivity index (χ3n) is 3.81. The number of benzene rings is 2. The summed E-state index contributed by atoms with van der Waals surface area (Å²) in [6.07, 6.45) is 0.946. The van der Waals surface area contributed by atoms with Gasteiger partial charge in [0.25, 0.3) is 0 Å². The Balaban J connectivity index is 2.08. The Kier molecular flexibility index (Phi) is 3.10. The van der Waals surface area contributed by atoms with E-state index in [9.17, 15) is 9.90 Å². The lowest BCUT2D eigenvalue weighted by molar-refractivity contribution is 0.0699. The monoisotopic (exact) mass is 271 g/mol. The molecule has 0 amide bonds. The van der Waals surface area contributed by atoms with Crippen LogP contribution in [0.25, 0.3) is 10.8 Å². The Hall–Kier alpha value is -2.07. The molecular formula is C16H17NO3. The number of nitrogens with one attached hydrogen (secondary N) is 1. The average Bonchev–Trinajstić information content (AvgIpc) is 2.85. The molecule has 0 aromatic heterocycles. The topological polar surface area (TPSA) is 58.6 Å². The van der Waals surface area contributed by atoms with Crippen LogP contribution in [0.4, 0.5) is 5.69 Å². The van der Waals surface area contributed by atoms with Gasteiger partial charge < -0.3 is 15.2 Å². The molecule has 1 atom stereocenters. The van der Waals surface area contributed by atoms with Gasteiger partial charge in [-0.3, -0.25) is 0 Å². The summed E-state index contributed by atoms with van der Waals surface area (Å²) in [5.74, 6) is -0.900. The van der Waals surface area contributed by atoms with Gasteiger partial charge in [-0.15, -0.1) is 0 Å². The van der Waals surface area contributed by atoms with Crippen LogP contribution < -0.4 is 5.32 Å². The van der Waals surface area contributed by atoms with E-state index in [0.717, 1.165) is 29.5 Å². The quantitative estimate of drug-likeness (QED) is 0.900. The molecule has 1 aliphatic rings. The Labute approximate surface area is 117 Å². The number of hydrogen-bond acceptors (Lipinski definition) is 3. The van der Waals surface area contributed by atoms with E-state index < -0.39 is 5.97 Å². The van der Waals surface area contributed by atoms with Crippen LogP contribution in [0.5, 0.6) is 0 Å². The van der Waals surface area contributed by atoms with Crippen molar-refractivity contribution in [1.82, 2.24) is 0 Å².